The molecule has 1 aliphatic heterocycles. The Morgan fingerprint density at radius 3 is 2.56 bits per heavy atom. The molecule has 0 aromatic rings. The molecule has 0 bridgehead atoms. The molecular weight excluding hydrogens is 196 g/mol. The first-order valence-corrected chi connectivity index (χ1v) is 7.16. The highest BCUT2D eigenvalue weighted by Crippen LogP contribution is 2.31. The molecule has 1 N–H and O–H groups in total. The number of nitrogens with zero attached hydrogens (tertiary/aromatic N) is 1. The summed E-state index contributed by atoms with van der Waals surface area (Å²) in [5.41, 5.74) is 0.397. The molecule has 2 unspecified atom stereocenters. The van der Waals surface area contributed by atoms with Crippen LogP contribution in [-0.4, -0.2) is 35.6 Å². The third-order valence-electron chi connectivity index (χ3n) is 4.77. The second-order valence-electron chi connectivity index (χ2n) is 6.08. The van der Waals surface area contributed by atoms with Gasteiger partial charge in [-0.3, -0.25) is 4.90 Å². The maximum atomic E-state index is 3.65. The molecule has 0 amide bonds. The largest absolute Gasteiger partial charge is 0.311 e. The summed E-state index contributed by atoms with van der Waals surface area (Å²) >= 11 is 0. The Hall–Kier alpha value is -0.0800. The molecule has 2 aliphatic rings. The highest BCUT2D eigenvalue weighted by molar-refractivity contribution is 4.97. The second-order valence-corrected chi connectivity index (χ2v) is 6.08. The molecule has 2 atom stereocenters. The van der Waals surface area contributed by atoms with Crippen LogP contribution in [0, 0.1) is 0 Å². The molecule has 2 nitrogen and oxygen atoms in total. The smallest absolute Gasteiger partial charge is 0.0306 e. The van der Waals surface area contributed by atoms with Gasteiger partial charge in [0, 0.05) is 30.7 Å². The van der Waals surface area contributed by atoms with Crippen LogP contribution in [0.15, 0.2) is 0 Å². The van der Waals surface area contributed by atoms with Crippen LogP contribution < -0.4 is 5.32 Å². The van der Waals surface area contributed by atoms with Crippen LogP contribution in [0.2, 0.25) is 0 Å². The summed E-state index contributed by atoms with van der Waals surface area (Å²) in [5.74, 6) is 0. The van der Waals surface area contributed by atoms with Crippen molar-refractivity contribution in [3.05, 3.63) is 0 Å². The van der Waals surface area contributed by atoms with E-state index in [1.54, 1.807) is 0 Å². The number of hydrogen-bond donors (Lipinski definition) is 1. The van der Waals surface area contributed by atoms with Gasteiger partial charge in [-0.15, -0.1) is 0 Å². The van der Waals surface area contributed by atoms with Gasteiger partial charge >= 0.3 is 0 Å². The fourth-order valence-corrected chi connectivity index (χ4v) is 3.39. The van der Waals surface area contributed by atoms with Crippen molar-refractivity contribution >= 4 is 0 Å². The summed E-state index contributed by atoms with van der Waals surface area (Å²) in [5, 5.41) is 3.65. The van der Waals surface area contributed by atoms with Gasteiger partial charge in [0.05, 0.1) is 0 Å². The minimum Gasteiger partial charge on any atom is -0.311 e. The van der Waals surface area contributed by atoms with Gasteiger partial charge in [0.2, 0.25) is 0 Å². The number of nitrogens with one attached hydrogen (secondary N) is 1. The molecule has 16 heavy (non-hydrogen) atoms. The van der Waals surface area contributed by atoms with Gasteiger partial charge in [0.15, 0.2) is 0 Å². The minimum atomic E-state index is 0.397. The third kappa shape index (κ3) is 2.43. The molecule has 94 valence electrons. The molecule has 0 spiro atoms. The molecule has 0 aromatic heterocycles. The van der Waals surface area contributed by atoms with Crippen LogP contribution in [0.1, 0.15) is 59.3 Å². The first-order valence-electron chi connectivity index (χ1n) is 7.16. The standard InChI is InChI=1S/C14H28N2/c1-4-14(3)11-15-12(2)10-16(14)13-8-6-5-7-9-13/h12-13,15H,4-11H2,1-3H3. The van der Waals surface area contributed by atoms with Crippen LogP contribution >= 0.6 is 0 Å². The number of hydrogen-bond acceptors (Lipinski definition) is 2. The van der Waals surface area contributed by atoms with Gasteiger partial charge < -0.3 is 5.32 Å². The Balaban J connectivity index is 2.07. The molecule has 2 fully saturated rings. The highest BCUT2D eigenvalue weighted by atomic mass is 15.3. The van der Waals surface area contributed by atoms with Crippen molar-refractivity contribution in [1.29, 1.82) is 0 Å². The van der Waals surface area contributed by atoms with E-state index in [0.29, 0.717) is 11.6 Å². The first-order chi connectivity index (χ1) is 7.65. The fourth-order valence-electron chi connectivity index (χ4n) is 3.39. The Kier molecular flexibility index (Phi) is 3.91. The van der Waals surface area contributed by atoms with E-state index in [0.717, 1.165) is 6.04 Å². The van der Waals surface area contributed by atoms with E-state index in [1.165, 1.54) is 51.6 Å². The van der Waals surface area contributed by atoms with Gasteiger partial charge in [0.1, 0.15) is 0 Å². The molecule has 1 saturated heterocycles. The molecule has 0 aromatic carbocycles. The SMILES string of the molecule is CCC1(C)CNC(C)CN1C1CCCCC1. The van der Waals surface area contributed by atoms with Crippen LogP contribution in [0.5, 0.6) is 0 Å². The van der Waals surface area contributed by atoms with Gasteiger partial charge in [-0.2, -0.15) is 0 Å². The second kappa shape index (κ2) is 5.05. The van der Waals surface area contributed by atoms with Crippen LogP contribution in [0.25, 0.3) is 0 Å². The van der Waals surface area contributed by atoms with E-state index >= 15 is 0 Å². The summed E-state index contributed by atoms with van der Waals surface area (Å²) in [4.78, 5) is 2.83. The lowest BCUT2D eigenvalue weighted by Crippen LogP contribution is -2.65. The van der Waals surface area contributed by atoms with Crippen molar-refractivity contribution in [2.45, 2.75) is 76.9 Å². The van der Waals surface area contributed by atoms with E-state index in [1.807, 2.05) is 0 Å². The third-order valence-corrected chi connectivity index (χ3v) is 4.77. The van der Waals surface area contributed by atoms with Crippen LogP contribution in [-0.2, 0) is 0 Å². The van der Waals surface area contributed by atoms with Gasteiger partial charge in [-0.05, 0) is 33.1 Å². The predicted molar refractivity (Wildman–Crippen MR) is 69.7 cm³/mol. The van der Waals surface area contributed by atoms with Crippen molar-refractivity contribution in [2.75, 3.05) is 13.1 Å². The predicted octanol–water partition coefficient (Wildman–Crippen LogP) is 2.78. The Morgan fingerprint density at radius 2 is 1.94 bits per heavy atom. The fraction of sp³-hybridized carbons (Fsp3) is 1.00. The topological polar surface area (TPSA) is 15.3 Å². The molecule has 1 heterocycles. The first kappa shape index (κ1) is 12.4. The maximum Gasteiger partial charge on any atom is 0.0306 e. The molecule has 2 heteroatoms. The van der Waals surface area contributed by atoms with E-state index in [4.69, 9.17) is 0 Å². The summed E-state index contributed by atoms with van der Waals surface area (Å²) in [6.45, 7) is 9.52. The summed E-state index contributed by atoms with van der Waals surface area (Å²) in [7, 11) is 0. The van der Waals surface area contributed by atoms with E-state index < -0.39 is 0 Å². The molecule has 0 radical (unpaired) electrons. The Bertz CT molecular complexity index is 223. The summed E-state index contributed by atoms with van der Waals surface area (Å²) in [6.07, 6.45) is 8.49. The molecule has 1 aliphatic carbocycles. The number of piperazine rings is 1. The van der Waals surface area contributed by atoms with Crippen molar-refractivity contribution in [3.8, 4) is 0 Å². The lowest BCUT2D eigenvalue weighted by atomic mass is 9.85. The Labute approximate surface area is 101 Å². The normalized spacial score (nSPS) is 38.8. The van der Waals surface area contributed by atoms with Crippen molar-refractivity contribution in [3.63, 3.8) is 0 Å². The zero-order valence-electron chi connectivity index (χ0n) is 11.3. The lowest BCUT2D eigenvalue weighted by Gasteiger charge is -2.52. The summed E-state index contributed by atoms with van der Waals surface area (Å²) < 4.78 is 0. The molecule has 1 saturated carbocycles. The van der Waals surface area contributed by atoms with Crippen molar-refractivity contribution in [1.82, 2.24) is 10.2 Å². The summed E-state index contributed by atoms with van der Waals surface area (Å²) in [6, 6.07) is 1.53. The molecule has 2 rings (SSSR count). The van der Waals surface area contributed by atoms with Gasteiger partial charge in [-0.1, -0.05) is 26.2 Å². The minimum absolute atomic E-state index is 0.397. The van der Waals surface area contributed by atoms with E-state index in [9.17, 15) is 0 Å². The van der Waals surface area contributed by atoms with E-state index in [-0.39, 0.29) is 0 Å². The average molecular weight is 224 g/mol. The van der Waals surface area contributed by atoms with Gasteiger partial charge in [0.25, 0.3) is 0 Å². The average Bonchev–Trinajstić information content (AvgIpc) is 2.33. The van der Waals surface area contributed by atoms with Crippen molar-refractivity contribution < 1.29 is 0 Å². The van der Waals surface area contributed by atoms with Gasteiger partial charge in [-0.25, -0.2) is 0 Å². The highest BCUT2D eigenvalue weighted by Gasteiger charge is 2.39. The zero-order chi connectivity index (χ0) is 11.6. The Morgan fingerprint density at radius 1 is 1.25 bits per heavy atom. The monoisotopic (exact) mass is 224 g/mol. The van der Waals surface area contributed by atoms with Crippen molar-refractivity contribution in [2.24, 2.45) is 0 Å². The quantitative estimate of drug-likeness (QED) is 0.776. The van der Waals surface area contributed by atoms with Crippen LogP contribution in [0.3, 0.4) is 0 Å². The number of rotatable bonds is 2. The lowest BCUT2D eigenvalue weighted by molar-refractivity contribution is -0.0000863. The van der Waals surface area contributed by atoms with Crippen LogP contribution in [0.4, 0.5) is 0 Å². The maximum absolute atomic E-state index is 3.65. The molecular formula is C14H28N2. The zero-order valence-corrected chi connectivity index (χ0v) is 11.3. The van der Waals surface area contributed by atoms with E-state index in [2.05, 4.69) is 31.0 Å².